The number of rotatable bonds is 7. The zero-order chi connectivity index (χ0) is 17.5. The van der Waals surface area contributed by atoms with Crippen molar-refractivity contribution in [2.24, 2.45) is 0 Å². The number of methoxy groups -OCH3 is 1. The number of ether oxygens (including phenoxy) is 1. The summed E-state index contributed by atoms with van der Waals surface area (Å²) in [5, 5.41) is 7.14. The zero-order valence-electron chi connectivity index (χ0n) is 14.7. The summed E-state index contributed by atoms with van der Waals surface area (Å²) in [5.41, 5.74) is 0.851. The summed E-state index contributed by atoms with van der Waals surface area (Å²) in [6.07, 6.45) is 7.76. The Morgan fingerprint density at radius 2 is 2.16 bits per heavy atom. The Morgan fingerprint density at radius 1 is 1.32 bits per heavy atom. The van der Waals surface area contributed by atoms with Crippen molar-refractivity contribution in [1.29, 1.82) is 0 Å². The Balaban J connectivity index is 1.46. The SMILES string of the molecule is COc1cccc(-c2noc(CCCC(=O)NC3CCCCC3)n2)c1. The number of carbonyl (C=O) groups is 1. The van der Waals surface area contributed by atoms with Gasteiger partial charge in [-0.3, -0.25) is 4.79 Å². The number of carbonyl (C=O) groups excluding carboxylic acids is 1. The van der Waals surface area contributed by atoms with Gasteiger partial charge < -0.3 is 14.6 Å². The van der Waals surface area contributed by atoms with Gasteiger partial charge in [-0.2, -0.15) is 4.98 Å². The highest BCUT2D eigenvalue weighted by molar-refractivity contribution is 5.76. The second-order valence-electron chi connectivity index (χ2n) is 6.50. The third-order valence-corrected chi connectivity index (χ3v) is 4.56. The number of aromatic nitrogens is 2. The van der Waals surface area contributed by atoms with Crippen LogP contribution in [0.25, 0.3) is 11.4 Å². The lowest BCUT2D eigenvalue weighted by Crippen LogP contribution is -2.36. The highest BCUT2D eigenvalue weighted by Crippen LogP contribution is 2.21. The fourth-order valence-corrected chi connectivity index (χ4v) is 3.18. The maximum absolute atomic E-state index is 12.0. The van der Waals surface area contributed by atoms with Crippen molar-refractivity contribution in [3.05, 3.63) is 30.2 Å². The van der Waals surface area contributed by atoms with Crippen molar-refractivity contribution < 1.29 is 14.1 Å². The summed E-state index contributed by atoms with van der Waals surface area (Å²) >= 11 is 0. The quantitative estimate of drug-likeness (QED) is 0.832. The van der Waals surface area contributed by atoms with Crippen molar-refractivity contribution in [3.8, 4) is 17.1 Å². The van der Waals surface area contributed by atoms with Crippen molar-refractivity contribution in [1.82, 2.24) is 15.5 Å². The van der Waals surface area contributed by atoms with Gasteiger partial charge in [0, 0.05) is 24.4 Å². The Morgan fingerprint density at radius 3 is 2.96 bits per heavy atom. The van der Waals surface area contributed by atoms with Gasteiger partial charge in [0.05, 0.1) is 7.11 Å². The summed E-state index contributed by atoms with van der Waals surface area (Å²) in [5.74, 6) is 1.98. The topological polar surface area (TPSA) is 77.2 Å². The van der Waals surface area contributed by atoms with Crippen LogP contribution in [0.3, 0.4) is 0 Å². The first-order valence-electron chi connectivity index (χ1n) is 9.01. The van der Waals surface area contributed by atoms with E-state index in [1.165, 1.54) is 19.3 Å². The van der Waals surface area contributed by atoms with Gasteiger partial charge in [-0.25, -0.2) is 0 Å². The molecule has 0 unspecified atom stereocenters. The lowest BCUT2D eigenvalue weighted by molar-refractivity contribution is -0.122. The molecule has 6 nitrogen and oxygen atoms in total. The Kier molecular flexibility index (Phi) is 6.04. The van der Waals surface area contributed by atoms with Crippen LogP contribution in [0.4, 0.5) is 0 Å². The molecule has 25 heavy (non-hydrogen) atoms. The van der Waals surface area contributed by atoms with Gasteiger partial charge in [0.2, 0.25) is 17.6 Å². The van der Waals surface area contributed by atoms with E-state index in [-0.39, 0.29) is 5.91 Å². The summed E-state index contributed by atoms with van der Waals surface area (Å²) in [6.45, 7) is 0. The van der Waals surface area contributed by atoms with Crippen LogP contribution in [0, 0.1) is 0 Å². The minimum absolute atomic E-state index is 0.124. The zero-order valence-corrected chi connectivity index (χ0v) is 14.7. The van der Waals surface area contributed by atoms with Gasteiger partial charge in [0.1, 0.15) is 5.75 Å². The first-order valence-corrected chi connectivity index (χ1v) is 9.01. The molecule has 1 N–H and O–H groups in total. The lowest BCUT2D eigenvalue weighted by Gasteiger charge is -2.22. The molecule has 1 fully saturated rings. The smallest absolute Gasteiger partial charge is 0.226 e. The van der Waals surface area contributed by atoms with E-state index < -0.39 is 0 Å². The third-order valence-electron chi connectivity index (χ3n) is 4.56. The largest absolute Gasteiger partial charge is 0.497 e. The molecule has 0 atom stereocenters. The number of nitrogens with zero attached hydrogens (tertiary/aromatic N) is 2. The Bertz CT molecular complexity index is 693. The molecule has 0 spiro atoms. The Labute approximate surface area is 148 Å². The number of nitrogens with one attached hydrogen (secondary N) is 1. The predicted molar refractivity (Wildman–Crippen MR) is 94.2 cm³/mol. The number of hydrogen-bond donors (Lipinski definition) is 1. The van der Waals surface area contributed by atoms with Crippen LogP contribution >= 0.6 is 0 Å². The number of aryl methyl sites for hydroxylation is 1. The molecule has 3 rings (SSSR count). The van der Waals surface area contributed by atoms with Crippen LogP contribution in [-0.2, 0) is 11.2 Å². The van der Waals surface area contributed by atoms with Gasteiger partial charge in [-0.15, -0.1) is 0 Å². The number of benzene rings is 1. The summed E-state index contributed by atoms with van der Waals surface area (Å²) < 4.78 is 10.5. The molecule has 134 valence electrons. The van der Waals surface area contributed by atoms with Crippen LogP contribution < -0.4 is 10.1 Å². The Hall–Kier alpha value is -2.37. The average molecular weight is 343 g/mol. The second-order valence-corrected chi connectivity index (χ2v) is 6.50. The predicted octanol–water partition coefficient (Wildman–Crippen LogP) is 3.52. The van der Waals surface area contributed by atoms with E-state index in [0.29, 0.717) is 37.0 Å². The van der Waals surface area contributed by atoms with Crippen molar-refractivity contribution in [3.63, 3.8) is 0 Å². The molecular formula is C19H25N3O3. The van der Waals surface area contributed by atoms with Gasteiger partial charge in [-0.1, -0.05) is 36.6 Å². The molecule has 1 saturated carbocycles. The standard InChI is InChI=1S/C19H25N3O3/c1-24-16-10-5-7-14(13-16)19-21-18(25-22-19)12-6-11-17(23)20-15-8-3-2-4-9-15/h5,7,10,13,15H,2-4,6,8-9,11-12H2,1H3,(H,20,23). The van der Waals surface area contributed by atoms with Crippen molar-refractivity contribution in [2.45, 2.75) is 57.4 Å². The van der Waals surface area contributed by atoms with Crippen molar-refractivity contribution >= 4 is 5.91 Å². The fraction of sp³-hybridized carbons (Fsp3) is 0.526. The van der Waals surface area contributed by atoms with E-state index in [1.54, 1.807) is 7.11 Å². The minimum Gasteiger partial charge on any atom is -0.497 e. The van der Waals surface area contributed by atoms with Gasteiger partial charge in [0.25, 0.3) is 0 Å². The first kappa shape index (κ1) is 17.5. The highest BCUT2D eigenvalue weighted by Gasteiger charge is 2.16. The van der Waals surface area contributed by atoms with E-state index >= 15 is 0 Å². The van der Waals surface area contributed by atoms with Crippen LogP contribution in [0.1, 0.15) is 50.8 Å². The van der Waals surface area contributed by atoms with Gasteiger partial charge in [-0.05, 0) is 31.4 Å². The molecule has 1 amide bonds. The minimum atomic E-state index is 0.124. The monoisotopic (exact) mass is 343 g/mol. The molecule has 1 aliphatic carbocycles. The normalized spacial score (nSPS) is 15.1. The van der Waals surface area contributed by atoms with Crippen LogP contribution in [0.15, 0.2) is 28.8 Å². The van der Waals surface area contributed by atoms with Gasteiger partial charge >= 0.3 is 0 Å². The highest BCUT2D eigenvalue weighted by atomic mass is 16.5. The van der Waals surface area contributed by atoms with Crippen LogP contribution in [-0.4, -0.2) is 29.2 Å². The van der Waals surface area contributed by atoms with Crippen molar-refractivity contribution in [2.75, 3.05) is 7.11 Å². The maximum Gasteiger partial charge on any atom is 0.226 e. The molecule has 0 radical (unpaired) electrons. The molecule has 0 aliphatic heterocycles. The van der Waals surface area contributed by atoms with Crippen LogP contribution in [0.5, 0.6) is 5.75 Å². The molecule has 1 aromatic carbocycles. The number of amides is 1. The summed E-state index contributed by atoms with van der Waals surface area (Å²) in [4.78, 5) is 16.4. The molecular weight excluding hydrogens is 318 g/mol. The molecule has 1 aliphatic rings. The molecule has 0 saturated heterocycles. The first-order chi connectivity index (χ1) is 12.2. The lowest BCUT2D eigenvalue weighted by atomic mass is 9.95. The third kappa shape index (κ3) is 5.05. The summed E-state index contributed by atoms with van der Waals surface area (Å²) in [6, 6.07) is 7.90. The van der Waals surface area contributed by atoms with E-state index in [4.69, 9.17) is 9.26 Å². The van der Waals surface area contributed by atoms with E-state index in [1.807, 2.05) is 24.3 Å². The molecule has 0 bridgehead atoms. The van der Waals surface area contributed by atoms with E-state index in [0.717, 1.165) is 24.2 Å². The van der Waals surface area contributed by atoms with E-state index in [2.05, 4.69) is 15.5 Å². The van der Waals surface area contributed by atoms with Crippen LogP contribution in [0.2, 0.25) is 0 Å². The average Bonchev–Trinajstić information content (AvgIpc) is 3.11. The molecule has 1 heterocycles. The fourth-order valence-electron chi connectivity index (χ4n) is 3.18. The molecule has 2 aromatic rings. The van der Waals surface area contributed by atoms with Gasteiger partial charge in [0.15, 0.2) is 0 Å². The second kappa shape index (κ2) is 8.65. The number of hydrogen-bond acceptors (Lipinski definition) is 5. The molecule has 6 heteroatoms. The summed E-state index contributed by atoms with van der Waals surface area (Å²) in [7, 11) is 1.62. The molecule has 1 aromatic heterocycles. The maximum atomic E-state index is 12.0. The van der Waals surface area contributed by atoms with E-state index in [9.17, 15) is 4.79 Å².